The van der Waals surface area contributed by atoms with Crippen LogP contribution in [0.2, 0.25) is 0 Å². The fourth-order valence-corrected chi connectivity index (χ4v) is 5.08. The van der Waals surface area contributed by atoms with Gasteiger partial charge in [-0.2, -0.15) is 0 Å². The van der Waals surface area contributed by atoms with E-state index < -0.39 is 0 Å². The molecule has 0 saturated carbocycles. The number of fused-ring (bicyclic) bond motifs is 2. The average molecular weight is 417 g/mol. The third-order valence-electron chi connectivity index (χ3n) is 3.67. The second kappa shape index (κ2) is 6.70. The molecule has 120 valence electrons. The Labute approximate surface area is 156 Å². The first-order valence-electron chi connectivity index (χ1n) is 7.35. The van der Waals surface area contributed by atoms with Crippen LogP contribution in [-0.4, -0.2) is 17.1 Å². The van der Waals surface area contributed by atoms with E-state index in [0.29, 0.717) is 0 Å². The highest BCUT2D eigenvalue weighted by Crippen LogP contribution is 2.34. The molecule has 4 aromatic rings. The van der Waals surface area contributed by atoms with Crippen molar-refractivity contribution in [2.24, 2.45) is 0 Å². The fourth-order valence-electron chi connectivity index (χ4n) is 2.48. The number of hydrogen-bond donors (Lipinski definition) is 0. The molecule has 2 heterocycles. The molecule has 6 heteroatoms. The minimum absolute atomic E-state index is 0.805. The molecule has 0 fully saturated rings. The first-order valence-corrected chi connectivity index (χ1v) is 9.94. The van der Waals surface area contributed by atoms with Crippen molar-refractivity contribution in [1.29, 1.82) is 0 Å². The Morgan fingerprint density at radius 3 is 2.75 bits per heavy atom. The largest absolute Gasteiger partial charge is 0.496 e. The molecule has 0 atom stereocenters. The summed E-state index contributed by atoms with van der Waals surface area (Å²) < 4.78 is 8.58. The quantitative estimate of drug-likeness (QED) is 0.387. The summed E-state index contributed by atoms with van der Waals surface area (Å²) in [6, 6.07) is 16.3. The van der Waals surface area contributed by atoms with Gasteiger partial charge in [-0.3, -0.25) is 4.98 Å². The Morgan fingerprint density at radius 2 is 1.92 bits per heavy atom. The Bertz CT molecular complexity index is 999. The number of hydrogen-bond acceptors (Lipinski definition) is 5. The highest BCUT2D eigenvalue weighted by Gasteiger charge is 2.09. The SMILES string of the molecule is COc1ccc2nc(CSc3nc4ccccc4s3)ccc2c1Br. The van der Waals surface area contributed by atoms with Gasteiger partial charge in [-0.25, -0.2) is 4.98 Å². The Kier molecular flexibility index (Phi) is 4.43. The number of nitrogens with zero attached hydrogens (tertiary/aromatic N) is 2. The van der Waals surface area contributed by atoms with Gasteiger partial charge in [0.15, 0.2) is 4.34 Å². The summed E-state index contributed by atoms with van der Waals surface area (Å²) in [6.45, 7) is 0. The Hall–Kier alpha value is -1.63. The van der Waals surface area contributed by atoms with Crippen molar-refractivity contribution in [1.82, 2.24) is 9.97 Å². The number of pyridine rings is 1. The Morgan fingerprint density at radius 1 is 1.04 bits per heavy atom. The molecule has 2 aromatic heterocycles. The number of benzene rings is 2. The van der Waals surface area contributed by atoms with Crippen LogP contribution in [0, 0.1) is 0 Å². The number of rotatable bonds is 4. The van der Waals surface area contributed by atoms with E-state index in [4.69, 9.17) is 9.72 Å². The molecule has 0 unspecified atom stereocenters. The summed E-state index contributed by atoms with van der Waals surface area (Å²) in [4.78, 5) is 9.41. The van der Waals surface area contributed by atoms with Gasteiger partial charge in [-0.1, -0.05) is 23.9 Å². The normalized spacial score (nSPS) is 11.2. The standard InChI is InChI=1S/C18H13BrN2OS2/c1-22-15-9-8-13-12(17(15)19)7-6-11(20-13)10-23-18-21-14-4-2-3-5-16(14)24-18/h2-9H,10H2,1H3. The lowest BCUT2D eigenvalue weighted by Gasteiger charge is -2.07. The molecule has 0 amide bonds. The summed E-state index contributed by atoms with van der Waals surface area (Å²) in [7, 11) is 1.67. The number of para-hydroxylation sites is 1. The number of thioether (sulfide) groups is 1. The molecule has 0 spiro atoms. The molecule has 0 aliphatic rings. The van der Waals surface area contributed by atoms with Crippen LogP contribution in [0.15, 0.2) is 57.3 Å². The van der Waals surface area contributed by atoms with Crippen molar-refractivity contribution >= 4 is 60.1 Å². The van der Waals surface area contributed by atoms with Crippen molar-refractivity contribution in [3.05, 3.63) is 58.7 Å². The summed E-state index contributed by atoms with van der Waals surface area (Å²) in [6.07, 6.45) is 0. The number of halogens is 1. The predicted molar refractivity (Wildman–Crippen MR) is 105 cm³/mol. The zero-order chi connectivity index (χ0) is 16.5. The zero-order valence-corrected chi connectivity index (χ0v) is 16.0. The molecule has 0 aliphatic carbocycles. The van der Waals surface area contributed by atoms with Gasteiger partial charge in [0, 0.05) is 11.1 Å². The molecule has 24 heavy (non-hydrogen) atoms. The van der Waals surface area contributed by atoms with E-state index in [9.17, 15) is 0 Å². The molecule has 2 aromatic carbocycles. The van der Waals surface area contributed by atoms with Gasteiger partial charge in [0.25, 0.3) is 0 Å². The van der Waals surface area contributed by atoms with Crippen LogP contribution in [0.25, 0.3) is 21.1 Å². The van der Waals surface area contributed by atoms with Crippen LogP contribution >= 0.6 is 39.0 Å². The van der Waals surface area contributed by atoms with E-state index in [-0.39, 0.29) is 0 Å². The van der Waals surface area contributed by atoms with Gasteiger partial charge < -0.3 is 4.74 Å². The predicted octanol–water partition coefficient (Wildman–Crippen LogP) is 5.91. The van der Waals surface area contributed by atoms with E-state index in [1.165, 1.54) is 4.70 Å². The average Bonchev–Trinajstić information content (AvgIpc) is 3.03. The van der Waals surface area contributed by atoms with Crippen molar-refractivity contribution in [2.75, 3.05) is 7.11 Å². The van der Waals surface area contributed by atoms with Gasteiger partial charge in [-0.05, 0) is 52.3 Å². The number of ether oxygens (including phenoxy) is 1. The van der Waals surface area contributed by atoms with E-state index in [1.807, 2.05) is 24.3 Å². The molecular weight excluding hydrogens is 404 g/mol. The minimum Gasteiger partial charge on any atom is -0.496 e. The molecule has 0 N–H and O–H groups in total. The van der Waals surface area contributed by atoms with Crippen molar-refractivity contribution in [3.63, 3.8) is 0 Å². The van der Waals surface area contributed by atoms with E-state index in [2.05, 4.69) is 45.2 Å². The first-order chi connectivity index (χ1) is 11.7. The van der Waals surface area contributed by atoms with E-state index in [1.54, 1.807) is 30.2 Å². The van der Waals surface area contributed by atoms with Gasteiger partial charge in [-0.15, -0.1) is 11.3 Å². The van der Waals surface area contributed by atoms with E-state index in [0.717, 1.165) is 42.4 Å². The minimum atomic E-state index is 0.805. The summed E-state index contributed by atoms with van der Waals surface area (Å²) >= 11 is 7.04. The third kappa shape index (κ3) is 3.01. The van der Waals surface area contributed by atoms with Gasteiger partial charge >= 0.3 is 0 Å². The lowest BCUT2D eigenvalue weighted by atomic mass is 10.2. The van der Waals surface area contributed by atoms with Gasteiger partial charge in [0.2, 0.25) is 0 Å². The molecule has 3 nitrogen and oxygen atoms in total. The van der Waals surface area contributed by atoms with Crippen molar-refractivity contribution < 1.29 is 4.74 Å². The first kappa shape index (κ1) is 15.9. The van der Waals surface area contributed by atoms with Crippen LogP contribution in [0.1, 0.15) is 5.69 Å². The molecule has 0 saturated heterocycles. The smallest absolute Gasteiger partial charge is 0.151 e. The number of methoxy groups -OCH3 is 1. The monoisotopic (exact) mass is 416 g/mol. The molecule has 0 bridgehead atoms. The maximum absolute atomic E-state index is 5.33. The summed E-state index contributed by atoms with van der Waals surface area (Å²) in [5.41, 5.74) is 3.07. The second-order valence-corrected chi connectivity index (χ2v) is 8.23. The van der Waals surface area contributed by atoms with E-state index >= 15 is 0 Å². The number of thiazole rings is 1. The second-order valence-electron chi connectivity index (χ2n) is 5.19. The van der Waals surface area contributed by atoms with Crippen LogP contribution < -0.4 is 4.74 Å². The molecule has 0 aliphatic heterocycles. The molecule has 4 rings (SSSR count). The summed E-state index contributed by atoms with van der Waals surface area (Å²) in [5, 5.41) is 1.06. The molecular formula is C18H13BrN2OS2. The van der Waals surface area contributed by atoms with Crippen molar-refractivity contribution in [3.8, 4) is 5.75 Å². The Balaban J connectivity index is 1.58. The number of aromatic nitrogens is 2. The highest BCUT2D eigenvalue weighted by atomic mass is 79.9. The lowest BCUT2D eigenvalue weighted by molar-refractivity contribution is 0.413. The fraction of sp³-hybridized carbons (Fsp3) is 0.111. The topological polar surface area (TPSA) is 35.0 Å². The van der Waals surface area contributed by atoms with Crippen LogP contribution in [0.4, 0.5) is 0 Å². The van der Waals surface area contributed by atoms with Crippen LogP contribution in [-0.2, 0) is 5.75 Å². The highest BCUT2D eigenvalue weighted by molar-refractivity contribution is 9.10. The van der Waals surface area contributed by atoms with Gasteiger partial charge in [0.05, 0.1) is 33.0 Å². The third-order valence-corrected chi connectivity index (χ3v) is 6.70. The maximum atomic E-state index is 5.33. The van der Waals surface area contributed by atoms with Crippen LogP contribution in [0.3, 0.4) is 0 Å². The summed E-state index contributed by atoms with van der Waals surface area (Å²) in [5.74, 6) is 1.63. The molecule has 0 radical (unpaired) electrons. The van der Waals surface area contributed by atoms with Crippen molar-refractivity contribution in [2.45, 2.75) is 10.1 Å². The lowest BCUT2D eigenvalue weighted by Crippen LogP contribution is -1.91. The van der Waals surface area contributed by atoms with Crippen LogP contribution in [0.5, 0.6) is 5.75 Å². The van der Waals surface area contributed by atoms with Gasteiger partial charge in [0.1, 0.15) is 5.75 Å². The zero-order valence-electron chi connectivity index (χ0n) is 12.8. The maximum Gasteiger partial charge on any atom is 0.151 e.